The van der Waals surface area contributed by atoms with E-state index in [1.54, 1.807) is 14.2 Å². The minimum atomic E-state index is 0.0355. The van der Waals surface area contributed by atoms with Crippen LogP contribution in [0.3, 0.4) is 0 Å². The summed E-state index contributed by atoms with van der Waals surface area (Å²) in [4.78, 5) is 4.17. The van der Waals surface area contributed by atoms with Crippen LogP contribution in [-0.4, -0.2) is 59.1 Å². The van der Waals surface area contributed by atoms with Crippen molar-refractivity contribution < 1.29 is 14.2 Å². The SMILES string of the molecule is CN=C(NCCOCCOC)NCC(C)Oc1cccc(C)c1. The first-order valence-electron chi connectivity index (χ1n) is 7.90. The normalized spacial score (nSPS) is 12.8. The van der Waals surface area contributed by atoms with Crippen molar-refractivity contribution in [1.29, 1.82) is 0 Å². The van der Waals surface area contributed by atoms with Crippen molar-refractivity contribution in [1.82, 2.24) is 10.6 Å². The van der Waals surface area contributed by atoms with E-state index in [2.05, 4.69) is 28.6 Å². The molecule has 0 saturated carbocycles. The number of aliphatic imine (C=N–C) groups is 1. The molecule has 23 heavy (non-hydrogen) atoms. The number of nitrogens with zero attached hydrogens (tertiary/aromatic N) is 1. The van der Waals surface area contributed by atoms with Crippen LogP contribution in [0.4, 0.5) is 0 Å². The van der Waals surface area contributed by atoms with Gasteiger partial charge in [0.25, 0.3) is 0 Å². The van der Waals surface area contributed by atoms with Gasteiger partial charge in [-0.15, -0.1) is 0 Å². The van der Waals surface area contributed by atoms with Crippen LogP contribution in [0.5, 0.6) is 5.75 Å². The molecular formula is C17H29N3O3. The Hall–Kier alpha value is -1.79. The molecule has 130 valence electrons. The lowest BCUT2D eigenvalue weighted by Crippen LogP contribution is -2.42. The van der Waals surface area contributed by atoms with E-state index in [-0.39, 0.29) is 6.10 Å². The highest BCUT2D eigenvalue weighted by Crippen LogP contribution is 2.13. The van der Waals surface area contributed by atoms with Crippen LogP contribution in [0.15, 0.2) is 29.3 Å². The van der Waals surface area contributed by atoms with Gasteiger partial charge < -0.3 is 24.8 Å². The van der Waals surface area contributed by atoms with Crippen molar-refractivity contribution in [3.05, 3.63) is 29.8 Å². The van der Waals surface area contributed by atoms with Crippen LogP contribution in [0.1, 0.15) is 12.5 Å². The lowest BCUT2D eigenvalue weighted by molar-refractivity contribution is 0.0733. The van der Waals surface area contributed by atoms with Gasteiger partial charge in [0.05, 0.1) is 26.4 Å². The van der Waals surface area contributed by atoms with Crippen LogP contribution in [0.25, 0.3) is 0 Å². The maximum Gasteiger partial charge on any atom is 0.191 e. The third kappa shape index (κ3) is 9.05. The van der Waals surface area contributed by atoms with Crippen molar-refractivity contribution in [3.63, 3.8) is 0 Å². The number of aryl methyl sites for hydroxylation is 1. The second-order valence-electron chi connectivity index (χ2n) is 5.23. The fourth-order valence-electron chi connectivity index (χ4n) is 1.91. The molecule has 6 heteroatoms. The van der Waals surface area contributed by atoms with Gasteiger partial charge in [-0.1, -0.05) is 12.1 Å². The zero-order valence-electron chi connectivity index (χ0n) is 14.6. The fourth-order valence-corrected chi connectivity index (χ4v) is 1.91. The van der Waals surface area contributed by atoms with Crippen molar-refractivity contribution in [2.75, 3.05) is 47.1 Å². The van der Waals surface area contributed by atoms with E-state index in [0.29, 0.717) is 32.9 Å². The molecule has 0 fully saturated rings. The average molecular weight is 323 g/mol. The molecule has 1 aromatic rings. The Labute approximate surface area is 139 Å². The summed E-state index contributed by atoms with van der Waals surface area (Å²) >= 11 is 0. The summed E-state index contributed by atoms with van der Waals surface area (Å²) in [6.45, 7) is 7.26. The summed E-state index contributed by atoms with van der Waals surface area (Å²) < 4.78 is 16.2. The van der Waals surface area contributed by atoms with Crippen LogP contribution in [0, 0.1) is 6.92 Å². The Bertz CT molecular complexity index is 466. The number of hydrogen-bond acceptors (Lipinski definition) is 4. The van der Waals surface area contributed by atoms with Crippen LogP contribution in [0.2, 0.25) is 0 Å². The lowest BCUT2D eigenvalue weighted by Gasteiger charge is -2.18. The second kappa shape index (κ2) is 11.7. The van der Waals surface area contributed by atoms with E-state index in [1.165, 1.54) is 5.56 Å². The van der Waals surface area contributed by atoms with Gasteiger partial charge in [-0.3, -0.25) is 4.99 Å². The topological polar surface area (TPSA) is 64.1 Å². The number of hydrogen-bond donors (Lipinski definition) is 2. The van der Waals surface area contributed by atoms with Crippen molar-refractivity contribution >= 4 is 5.96 Å². The highest BCUT2D eigenvalue weighted by Gasteiger charge is 2.05. The molecule has 0 aliphatic carbocycles. The molecule has 1 aromatic carbocycles. The number of rotatable bonds is 10. The molecule has 1 atom stereocenters. The average Bonchev–Trinajstić information content (AvgIpc) is 2.53. The van der Waals surface area contributed by atoms with Crippen molar-refractivity contribution in [2.45, 2.75) is 20.0 Å². The van der Waals surface area contributed by atoms with Gasteiger partial charge in [-0.2, -0.15) is 0 Å². The number of nitrogens with one attached hydrogen (secondary N) is 2. The number of ether oxygens (including phenoxy) is 3. The maximum absolute atomic E-state index is 5.88. The van der Waals surface area contributed by atoms with Crippen LogP contribution in [-0.2, 0) is 9.47 Å². The molecule has 6 nitrogen and oxygen atoms in total. The zero-order chi connectivity index (χ0) is 16.9. The van der Waals surface area contributed by atoms with E-state index in [9.17, 15) is 0 Å². The minimum Gasteiger partial charge on any atom is -0.489 e. The highest BCUT2D eigenvalue weighted by atomic mass is 16.5. The quantitative estimate of drug-likeness (QED) is 0.389. The van der Waals surface area contributed by atoms with E-state index >= 15 is 0 Å². The van der Waals surface area contributed by atoms with E-state index < -0.39 is 0 Å². The van der Waals surface area contributed by atoms with Gasteiger partial charge in [0.1, 0.15) is 11.9 Å². The number of guanidine groups is 1. The highest BCUT2D eigenvalue weighted by molar-refractivity contribution is 5.79. The molecule has 1 rings (SSSR count). The molecule has 0 radical (unpaired) electrons. The first kappa shape index (κ1) is 19.3. The predicted molar refractivity (Wildman–Crippen MR) is 93.3 cm³/mol. The van der Waals surface area contributed by atoms with Crippen molar-refractivity contribution in [2.24, 2.45) is 4.99 Å². The standard InChI is InChI=1S/C17H29N3O3/c1-14-6-5-7-16(12-14)23-15(2)13-20-17(18-3)19-8-9-22-11-10-21-4/h5-7,12,15H,8-11,13H2,1-4H3,(H2,18,19,20). The smallest absolute Gasteiger partial charge is 0.191 e. The first-order chi connectivity index (χ1) is 11.2. The molecule has 0 spiro atoms. The monoisotopic (exact) mass is 323 g/mol. The van der Waals surface area contributed by atoms with Gasteiger partial charge in [0.15, 0.2) is 5.96 Å². The fraction of sp³-hybridized carbons (Fsp3) is 0.588. The molecule has 0 aromatic heterocycles. The Morgan fingerprint density at radius 2 is 2.04 bits per heavy atom. The van der Waals surface area contributed by atoms with Gasteiger partial charge >= 0.3 is 0 Å². The third-order valence-corrected chi connectivity index (χ3v) is 3.08. The Morgan fingerprint density at radius 1 is 1.22 bits per heavy atom. The Balaban J connectivity index is 2.20. The van der Waals surface area contributed by atoms with E-state index in [4.69, 9.17) is 14.2 Å². The molecule has 0 bridgehead atoms. The summed E-state index contributed by atoms with van der Waals surface area (Å²) in [6, 6.07) is 8.04. The molecule has 0 aliphatic rings. The maximum atomic E-state index is 5.88. The molecule has 0 heterocycles. The first-order valence-corrected chi connectivity index (χ1v) is 7.90. The van der Waals surface area contributed by atoms with Crippen LogP contribution >= 0.6 is 0 Å². The molecule has 0 aliphatic heterocycles. The second-order valence-corrected chi connectivity index (χ2v) is 5.23. The molecular weight excluding hydrogens is 294 g/mol. The molecule has 0 amide bonds. The largest absolute Gasteiger partial charge is 0.489 e. The van der Waals surface area contributed by atoms with Gasteiger partial charge in [0.2, 0.25) is 0 Å². The third-order valence-electron chi connectivity index (χ3n) is 3.08. The molecule has 0 saturated heterocycles. The summed E-state index contributed by atoms with van der Waals surface area (Å²) in [7, 11) is 3.40. The molecule has 2 N–H and O–H groups in total. The van der Waals surface area contributed by atoms with Crippen LogP contribution < -0.4 is 15.4 Å². The minimum absolute atomic E-state index is 0.0355. The lowest BCUT2D eigenvalue weighted by atomic mass is 10.2. The number of methoxy groups -OCH3 is 1. The van der Waals surface area contributed by atoms with Gasteiger partial charge in [-0.25, -0.2) is 0 Å². The van der Waals surface area contributed by atoms with Gasteiger partial charge in [0, 0.05) is 20.7 Å². The van der Waals surface area contributed by atoms with E-state index in [1.807, 2.05) is 25.1 Å². The summed E-state index contributed by atoms with van der Waals surface area (Å²) in [6.07, 6.45) is 0.0355. The Morgan fingerprint density at radius 3 is 2.74 bits per heavy atom. The zero-order valence-corrected chi connectivity index (χ0v) is 14.6. The summed E-state index contributed by atoms with van der Waals surface area (Å²) in [5.41, 5.74) is 1.19. The summed E-state index contributed by atoms with van der Waals surface area (Å²) in [5, 5.41) is 6.43. The molecule has 1 unspecified atom stereocenters. The number of benzene rings is 1. The van der Waals surface area contributed by atoms with E-state index in [0.717, 1.165) is 11.7 Å². The van der Waals surface area contributed by atoms with Crippen molar-refractivity contribution in [3.8, 4) is 5.75 Å². The predicted octanol–water partition coefficient (Wildman–Crippen LogP) is 1.59. The summed E-state index contributed by atoms with van der Waals surface area (Å²) in [5.74, 6) is 1.62. The Kier molecular flexibility index (Phi) is 9.83. The van der Waals surface area contributed by atoms with Gasteiger partial charge in [-0.05, 0) is 31.5 Å².